The number of rotatable bonds is 6. The van der Waals surface area contributed by atoms with Gasteiger partial charge in [0.15, 0.2) is 5.79 Å². The van der Waals surface area contributed by atoms with E-state index in [4.69, 9.17) is 9.47 Å². The van der Waals surface area contributed by atoms with Crippen LogP contribution >= 0.6 is 0 Å². The van der Waals surface area contributed by atoms with Crippen LogP contribution < -0.4 is 0 Å². The molecule has 3 rings (SSSR count). The van der Waals surface area contributed by atoms with Crippen LogP contribution in [0.2, 0.25) is 0 Å². The molecule has 2 saturated carbocycles. The normalized spacial score (nSPS) is 29.7. The van der Waals surface area contributed by atoms with Crippen molar-refractivity contribution in [3.8, 4) is 0 Å². The highest BCUT2D eigenvalue weighted by Crippen LogP contribution is 2.50. The van der Waals surface area contributed by atoms with E-state index in [0.29, 0.717) is 12.2 Å². The summed E-state index contributed by atoms with van der Waals surface area (Å²) in [6.07, 6.45) is 16.3. The molecule has 2 aliphatic carbocycles. The first-order valence-electron chi connectivity index (χ1n) is 11.7. The summed E-state index contributed by atoms with van der Waals surface area (Å²) < 4.78 is 13.8. The van der Waals surface area contributed by atoms with Crippen molar-refractivity contribution in [1.29, 1.82) is 0 Å². The zero-order valence-corrected chi connectivity index (χ0v) is 18.3. The van der Waals surface area contributed by atoms with Gasteiger partial charge < -0.3 is 14.7 Å². The van der Waals surface area contributed by atoms with Crippen LogP contribution in [-0.4, -0.2) is 39.3 Å². The Bertz CT molecular complexity index is 442. The Labute approximate surface area is 166 Å². The maximum absolute atomic E-state index is 11.1. The molecular weight excluding hydrogens is 338 g/mol. The van der Waals surface area contributed by atoms with Gasteiger partial charge in [0.1, 0.15) is 0 Å². The lowest BCUT2D eigenvalue weighted by atomic mass is 9.73. The Hall–Kier alpha value is -0.160. The van der Waals surface area contributed by atoms with Crippen molar-refractivity contribution in [1.82, 2.24) is 5.06 Å². The van der Waals surface area contributed by atoms with Crippen molar-refractivity contribution in [2.24, 2.45) is 0 Å². The van der Waals surface area contributed by atoms with Crippen molar-refractivity contribution in [2.75, 3.05) is 0 Å². The van der Waals surface area contributed by atoms with E-state index in [-0.39, 0.29) is 11.1 Å². The Balaban J connectivity index is 1.88. The Morgan fingerprint density at radius 2 is 1.22 bits per heavy atom. The lowest BCUT2D eigenvalue weighted by molar-refractivity contribution is -0.369. The quantitative estimate of drug-likeness (QED) is 0.556. The molecule has 0 unspecified atom stereocenters. The summed E-state index contributed by atoms with van der Waals surface area (Å²) in [7, 11) is 0. The fourth-order valence-corrected chi connectivity index (χ4v) is 5.98. The van der Waals surface area contributed by atoms with E-state index >= 15 is 0 Å². The molecule has 27 heavy (non-hydrogen) atoms. The molecule has 1 N–H and O–H groups in total. The Kier molecular flexibility index (Phi) is 6.93. The van der Waals surface area contributed by atoms with Crippen molar-refractivity contribution in [2.45, 2.75) is 147 Å². The number of piperidine rings is 1. The molecular formula is C23H43NO3. The van der Waals surface area contributed by atoms with E-state index in [1.807, 2.05) is 0 Å². The van der Waals surface area contributed by atoms with E-state index in [1.54, 1.807) is 5.06 Å². The van der Waals surface area contributed by atoms with Crippen LogP contribution in [0.1, 0.15) is 118 Å². The first-order chi connectivity index (χ1) is 12.8. The standard InChI is InChI=1S/C23H43NO3/c1-5-22(6-2)18-23(17-21(3,4)24(22)25,26-19-13-9-7-10-14-19)27-20-15-11-8-12-16-20/h19-20,25H,5-18H2,1-4H3. The number of hydrogen-bond acceptors (Lipinski definition) is 4. The average molecular weight is 382 g/mol. The van der Waals surface area contributed by atoms with Gasteiger partial charge in [-0.25, -0.2) is 0 Å². The largest absolute Gasteiger partial charge is 0.347 e. The third-order valence-electron chi connectivity index (χ3n) is 7.51. The van der Waals surface area contributed by atoms with Gasteiger partial charge in [-0.3, -0.25) is 0 Å². The molecule has 0 radical (unpaired) electrons. The third kappa shape index (κ3) is 4.71. The monoisotopic (exact) mass is 381 g/mol. The van der Waals surface area contributed by atoms with E-state index in [2.05, 4.69) is 27.7 Å². The van der Waals surface area contributed by atoms with Gasteiger partial charge in [-0.2, -0.15) is 5.06 Å². The summed E-state index contributed by atoms with van der Waals surface area (Å²) in [4.78, 5) is 0. The van der Waals surface area contributed by atoms with Gasteiger partial charge in [-0.1, -0.05) is 52.4 Å². The van der Waals surface area contributed by atoms with Crippen LogP contribution in [0.5, 0.6) is 0 Å². The van der Waals surface area contributed by atoms with Gasteiger partial charge in [-0.05, 0) is 52.4 Å². The second-order valence-corrected chi connectivity index (χ2v) is 10.1. The molecule has 0 aromatic heterocycles. The lowest BCUT2D eigenvalue weighted by Gasteiger charge is -2.59. The van der Waals surface area contributed by atoms with E-state index in [1.165, 1.54) is 38.5 Å². The van der Waals surface area contributed by atoms with Gasteiger partial charge in [0.05, 0.1) is 17.7 Å². The highest BCUT2D eigenvalue weighted by Gasteiger charge is 2.57. The van der Waals surface area contributed by atoms with E-state index in [0.717, 1.165) is 51.4 Å². The Morgan fingerprint density at radius 3 is 1.63 bits per heavy atom. The molecule has 0 aromatic carbocycles. The van der Waals surface area contributed by atoms with Crippen LogP contribution in [0, 0.1) is 0 Å². The predicted octanol–water partition coefficient (Wildman–Crippen LogP) is 6.20. The van der Waals surface area contributed by atoms with Crippen LogP contribution in [0.25, 0.3) is 0 Å². The van der Waals surface area contributed by atoms with Crippen LogP contribution in [-0.2, 0) is 9.47 Å². The highest BCUT2D eigenvalue weighted by atomic mass is 16.7. The molecule has 0 spiro atoms. The van der Waals surface area contributed by atoms with Crippen molar-refractivity contribution in [3.05, 3.63) is 0 Å². The predicted molar refractivity (Wildman–Crippen MR) is 109 cm³/mol. The topological polar surface area (TPSA) is 41.9 Å². The van der Waals surface area contributed by atoms with Crippen molar-refractivity contribution in [3.63, 3.8) is 0 Å². The molecule has 1 saturated heterocycles. The second-order valence-electron chi connectivity index (χ2n) is 10.1. The molecule has 3 fully saturated rings. The fraction of sp³-hybridized carbons (Fsp3) is 1.00. The minimum absolute atomic E-state index is 0.273. The zero-order valence-electron chi connectivity index (χ0n) is 18.3. The van der Waals surface area contributed by atoms with Gasteiger partial charge in [0, 0.05) is 18.4 Å². The number of ether oxygens (including phenoxy) is 2. The second kappa shape index (κ2) is 8.69. The third-order valence-corrected chi connectivity index (χ3v) is 7.51. The fourth-order valence-electron chi connectivity index (χ4n) is 5.98. The molecule has 4 nitrogen and oxygen atoms in total. The van der Waals surface area contributed by atoms with Crippen LogP contribution in [0.3, 0.4) is 0 Å². The van der Waals surface area contributed by atoms with Gasteiger partial charge in [0.2, 0.25) is 0 Å². The zero-order chi connectivity index (χ0) is 19.5. The molecule has 158 valence electrons. The van der Waals surface area contributed by atoms with E-state index < -0.39 is 5.79 Å². The number of nitrogens with zero attached hydrogens (tertiary/aromatic N) is 1. The van der Waals surface area contributed by atoms with Crippen molar-refractivity contribution < 1.29 is 14.7 Å². The summed E-state index contributed by atoms with van der Waals surface area (Å²) >= 11 is 0. The molecule has 0 aromatic rings. The first-order valence-corrected chi connectivity index (χ1v) is 11.7. The summed E-state index contributed by atoms with van der Waals surface area (Å²) in [6, 6.07) is 0. The highest BCUT2D eigenvalue weighted by molar-refractivity contribution is 5.04. The smallest absolute Gasteiger partial charge is 0.172 e. The van der Waals surface area contributed by atoms with Gasteiger partial charge in [-0.15, -0.1) is 0 Å². The molecule has 0 atom stereocenters. The minimum Gasteiger partial charge on any atom is -0.347 e. The maximum Gasteiger partial charge on any atom is 0.172 e. The van der Waals surface area contributed by atoms with Gasteiger partial charge in [0.25, 0.3) is 0 Å². The van der Waals surface area contributed by atoms with Crippen molar-refractivity contribution >= 4 is 0 Å². The lowest BCUT2D eigenvalue weighted by Crippen LogP contribution is -2.68. The number of hydrogen-bond donors (Lipinski definition) is 1. The molecule has 0 amide bonds. The van der Waals surface area contributed by atoms with E-state index in [9.17, 15) is 5.21 Å². The van der Waals surface area contributed by atoms with Crippen LogP contribution in [0.15, 0.2) is 0 Å². The maximum atomic E-state index is 11.1. The average Bonchev–Trinajstić information content (AvgIpc) is 2.66. The number of hydroxylamine groups is 2. The SMILES string of the molecule is CCC1(CC)CC(OC2CCCCC2)(OC2CCCCC2)CC(C)(C)N1O. The summed E-state index contributed by atoms with van der Waals surface area (Å²) in [5, 5.41) is 12.8. The summed E-state index contributed by atoms with van der Waals surface area (Å²) in [5.41, 5.74) is -0.626. The Morgan fingerprint density at radius 1 is 0.778 bits per heavy atom. The molecule has 0 bridgehead atoms. The van der Waals surface area contributed by atoms with Crippen LogP contribution in [0.4, 0.5) is 0 Å². The minimum atomic E-state index is -0.557. The van der Waals surface area contributed by atoms with Gasteiger partial charge >= 0.3 is 0 Å². The summed E-state index contributed by atoms with van der Waals surface area (Å²) in [6.45, 7) is 8.69. The summed E-state index contributed by atoms with van der Waals surface area (Å²) in [5.74, 6) is -0.557. The molecule has 1 aliphatic heterocycles. The molecule has 3 aliphatic rings. The first kappa shape index (κ1) is 21.5. The molecule has 4 heteroatoms. The molecule has 1 heterocycles.